The maximum absolute atomic E-state index is 10.6. The van der Waals surface area contributed by atoms with Gasteiger partial charge in [0.1, 0.15) is 11.6 Å². The second-order valence-corrected chi connectivity index (χ2v) is 4.14. The summed E-state index contributed by atoms with van der Waals surface area (Å²) in [5, 5.41) is 5.92. The summed E-state index contributed by atoms with van der Waals surface area (Å²) in [5.41, 5.74) is 1.14. The van der Waals surface area contributed by atoms with Crippen LogP contribution in [0.3, 0.4) is 0 Å². The summed E-state index contributed by atoms with van der Waals surface area (Å²) >= 11 is 0. The minimum absolute atomic E-state index is 0.157. The predicted molar refractivity (Wildman–Crippen MR) is 75.8 cm³/mol. The van der Waals surface area contributed by atoms with Gasteiger partial charge in [-0.1, -0.05) is 6.92 Å². The Morgan fingerprint density at radius 1 is 1.05 bits per heavy atom. The summed E-state index contributed by atoms with van der Waals surface area (Å²) in [6.07, 6.45) is 3.48. The Morgan fingerprint density at radius 2 is 1.58 bits per heavy atom. The summed E-state index contributed by atoms with van der Waals surface area (Å²) in [4.78, 5) is 24.6. The molecule has 0 bridgehead atoms. The lowest BCUT2D eigenvalue weighted by molar-refractivity contribution is -0.117. The Labute approximate surface area is 114 Å². The zero-order valence-corrected chi connectivity index (χ0v) is 11.9. The van der Waals surface area contributed by atoms with E-state index in [1.807, 2.05) is 19.1 Å². The number of ketones is 2. The molecule has 0 amide bonds. The number of likely N-dealkylation sites (N-methyl/N-ethyl adjacent to an activating group) is 1. The first-order valence-corrected chi connectivity index (χ1v) is 6.35. The van der Waals surface area contributed by atoms with Crippen LogP contribution >= 0.6 is 0 Å². The standard InChI is InChI=1S/C9H12N2O.C5H11NO/c1-8(12)6-11-7-9-2-4-10-5-3-9;1-3-6-4-5(2)7/h2-5,11H,6-7H2,1H3;6H,3-4H2,1-2H3. The first-order valence-electron chi connectivity index (χ1n) is 6.35. The maximum atomic E-state index is 10.6. The molecule has 1 aromatic heterocycles. The van der Waals surface area contributed by atoms with Gasteiger partial charge in [0, 0.05) is 18.9 Å². The first kappa shape index (κ1) is 17.4. The summed E-state index contributed by atoms with van der Waals surface area (Å²) in [5.74, 6) is 0.353. The topological polar surface area (TPSA) is 71.1 Å². The van der Waals surface area contributed by atoms with Gasteiger partial charge in [-0.05, 0) is 38.1 Å². The molecule has 2 N–H and O–H groups in total. The molecule has 5 nitrogen and oxygen atoms in total. The van der Waals surface area contributed by atoms with Crippen LogP contribution in [0.15, 0.2) is 24.5 Å². The van der Waals surface area contributed by atoms with Gasteiger partial charge in [-0.2, -0.15) is 0 Å². The van der Waals surface area contributed by atoms with Gasteiger partial charge in [0.05, 0.1) is 13.1 Å². The molecule has 1 heterocycles. The lowest BCUT2D eigenvalue weighted by Crippen LogP contribution is -2.20. The van der Waals surface area contributed by atoms with Crippen molar-refractivity contribution in [3.8, 4) is 0 Å². The highest BCUT2D eigenvalue weighted by atomic mass is 16.1. The van der Waals surface area contributed by atoms with Gasteiger partial charge >= 0.3 is 0 Å². The van der Waals surface area contributed by atoms with Crippen LogP contribution in [0.4, 0.5) is 0 Å². The van der Waals surface area contributed by atoms with Crippen molar-refractivity contribution in [1.29, 1.82) is 0 Å². The highest BCUT2D eigenvalue weighted by Gasteiger charge is 1.92. The van der Waals surface area contributed by atoms with E-state index in [0.717, 1.165) is 18.7 Å². The van der Waals surface area contributed by atoms with E-state index in [9.17, 15) is 9.59 Å². The number of hydrogen-bond acceptors (Lipinski definition) is 5. The number of carbonyl (C=O) groups excluding carboxylic acids is 2. The van der Waals surface area contributed by atoms with E-state index < -0.39 is 0 Å². The van der Waals surface area contributed by atoms with E-state index in [4.69, 9.17) is 0 Å². The van der Waals surface area contributed by atoms with Crippen LogP contribution in [0.5, 0.6) is 0 Å². The highest BCUT2D eigenvalue weighted by Crippen LogP contribution is 1.93. The quantitative estimate of drug-likeness (QED) is 0.768. The van der Waals surface area contributed by atoms with Crippen LogP contribution in [0.25, 0.3) is 0 Å². The molecule has 106 valence electrons. The highest BCUT2D eigenvalue weighted by molar-refractivity contribution is 5.77. The Morgan fingerprint density at radius 3 is 2.00 bits per heavy atom. The van der Waals surface area contributed by atoms with Gasteiger partial charge < -0.3 is 10.6 Å². The first-order chi connectivity index (χ1) is 9.06. The molecule has 0 aromatic carbocycles. The van der Waals surface area contributed by atoms with Crippen molar-refractivity contribution in [2.75, 3.05) is 19.6 Å². The minimum atomic E-state index is 0.157. The lowest BCUT2D eigenvalue weighted by atomic mass is 10.3. The summed E-state index contributed by atoms with van der Waals surface area (Å²) in [6.45, 7) is 7.66. The van der Waals surface area contributed by atoms with Gasteiger partial charge in [-0.15, -0.1) is 0 Å². The molecule has 0 spiro atoms. The fourth-order valence-corrected chi connectivity index (χ4v) is 1.18. The van der Waals surface area contributed by atoms with E-state index in [1.165, 1.54) is 0 Å². The second kappa shape index (κ2) is 11.5. The van der Waals surface area contributed by atoms with E-state index in [1.54, 1.807) is 26.2 Å². The van der Waals surface area contributed by atoms with Crippen LogP contribution in [0, 0.1) is 0 Å². The van der Waals surface area contributed by atoms with Crippen LogP contribution in [0.2, 0.25) is 0 Å². The third kappa shape index (κ3) is 12.7. The summed E-state index contributed by atoms with van der Waals surface area (Å²) in [6, 6.07) is 3.85. The van der Waals surface area contributed by atoms with Gasteiger partial charge in [0.15, 0.2) is 0 Å². The van der Waals surface area contributed by atoms with Crippen molar-refractivity contribution >= 4 is 11.6 Å². The van der Waals surface area contributed by atoms with Crippen molar-refractivity contribution in [2.45, 2.75) is 27.3 Å². The number of rotatable bonds is 7. The van der Waals surface area contributed by atoms with Crippen molar-refractivity contribution in [2.24, 2.45) is 0 Å². The summed E-state index contributed by atoms with van der Waals surface area (Å²) < 4.78 is 0. The number of Topliss-reactive ketones (excluding diaryl/α,β-unsaturated/α-hetero) is 2. The Hall–Kier alpha value is -1.59. The largest absolute Gasteiger partial charge is 0.310 e. The molecule has 1 aromatic rings. The number of pyridine rings is 1. The third-order valence-corrected chi connectivity index (χ3v) is 2.08. The molecule has 19 heavy (non-hydrogen) atoms. The molecule has 0 atom stereocenters. The Bertz CT molecular complexity index is 366. The smallest absolute Gasteiger partial charge is 0.143 e. The SMILES string of the molecule is CC(=O)CNCc1ccncc1.CCNCC(C)=O. The molecular weight excluding hydrogens is 242 g/mol. The number of nitrogens with zero attached hydrogens (tertiary/aromatic N) is 1. The summed E-state index contributed by atoms with van der Waals surface area (Å²) in [7, 11) is 0. The van der Waals surface area contributed by atoms with Crippen molar-refractivity contribution < 1.29 is 9.59 Å². The second-order valence-electron chi connectivity index (χ2n) is 4.14. The molecule has 0 aliphatic heterocycles. The molecule has 0 aliphatic carbocycles. The Balaban J connectivity index is 0.000000399. The van der Waals surface area contributed by atoms with Gasteiger partial charge in [0.25, 0.3) is 0 Å². The monoisotopic (exact) mass is 265 g/mol. The van der Waals surface area contributed by atoms with Crippen LogP contribution in [-0.4, -0.2) is 36.2 Å². The van der Waals surface area contributed by atoms with Gasteiger partial charge in [0.2, 0.25) is 0 Å². The Kier molecular flexibility index (Phi) is 10.5. The van der Waals surface area contributed by atoms with Gasteiger partial charge in [-0.25, -0.2) is 0 Å². The predicted octanol–water partition coefficient (Wildman–Crippen LogP) is 0.945. The molecule has 5 heteroatoms. The normalized spacial score (nSPS) is 9.42. The number of aromatic nitrogens is 1. The van der Waals surface area contributed by atoms with Crippen LogP contribution < -0.4 is 10.6 Å². The number of carbonyl (C=O) groups is 2. The zero-order valence-electron chi connectivity index (χ0n) is 11.9. The zero-order chi connectivity index (χ0) is 14.5. The minimum Gasteiger partial charge on any atom is -0.310 e. The van der Waals surface area contributed by atoms with Gasteiger partial charge in [-0.3, -0.25) is 14.6 Å². The van der Waals surface area contributed by atoms with Crippen molar-refractivity contribution in [1.82, 2.24) is 15.6 Å². The van der Waals surface area contributed by atoms with Crippen LogP contribution in [0.1, 0.15) is 26.3 Å². The van der Waals surface area contributed by atoms with E-state index in [0.29, 0.717) is 13.1 Å². The molecule has 0 unspecified atom stereocenters. The average Bonchev–Trinajstić information content (AvgIpc) is 2.38. The van der Waals surface area contributed by atoms with E-state index in [-0.39, 0.29) is 11.6 Å². The molecule has 0 radical (unpaired) electrons. The molecule has 0 saturated heterocycles. The lowest BCUT2D eigenvalue weighted by Gasteiger charge is -2.00. The maximum Gasteiger partial charge on any atom is 0.143 e. The average molecular weight is 265 g/mol. The van der Waals surface area contributed by atoms with Crippen molar-refractivity contribution in [3.05, 3.63) is 30.1 Å². The van der Waals surface area contributed by atoms with E-state index >= 15 is 0 Å². The molecule has 0 fully saturated rings. The fourth-order valence-electron chi connectivity index (χ4n) is 1.18. The molecule has 1 rings (SSSR count). The fraction of sp³-hybridized carbons (Fsp3) is 0.500. The molecule has 0 aliphatic rings. The number of nitrogens with one attached hydrogen (secondary N) is 2. The molecule has 0 saturated carbocycles. The molecular formula is C14H23N3O2. The third-order valence-electron chi connectivity index (χ3n) is 2.08. The van der Waals surface area contributed by atoms with Crippen molar-refractivity contribution in [3.63, 3.8) is 0 Å². The van der Waals surface area contributed by atoms with Crippen LogP contribution in [-0.2, 0) is 16.1 Å². The number of hydrogen-bond donors (Lipinski definition) is 2. The van der Waals surface area contributed by atoms with E-state index in [2.05, 4.69) is 15.6 Å².